The summed E-state index contributed by atoms with van der Waals surface area (Å²) in [6, 6.07) is 47.3. The molecule has 0 unspecified atom stereocenters. The van der Waals surface area contributed by atoms with Crippen LogP contribution in [0.2, 0.25) is 0 Å². The highest BCUT2D eigenvalue weighted by Crippen LogP contribution is 2.43. The number of fused-ring (bicyclic) bond motifs is 1. The third kappa shape index (κ3) is 7.91. The Morgan fingerprint density at radius 3 is 2.00 bits per heavy atom. The molecule has 2 heterocycles. The fourth-order valence-corrected chi connectivity index (χ4v) is 8.22. The van der Waals surface area contributed by atoms with E-state index in [0.717, 1.165) is 89.2 Å². The average Bonchev–Trinajstić information content (AvgIpc) is 3.63. The molecule has 0 fully saturated rings. The molecule has 302 valence electrons. The molecule has 0 saturated carbocycles. The molecule has 2 aromatic heterocycles. The normalized spacial score (nSPS) is 12.4. The van der Waals surface area contributed by atoms with Crippen LogP contribution in [0, 0.1) is 6.92 Å². The zero-order valence-corrected chi connectivity index (χ0v) is 36.7. The van der Waals surface area contributed by atoms with Gasteiger partial charge in [-0.25, -0.2) is 4.98 Å². The number of para-hydroxylation sites is 1. The van der Waals surface area contributed by atoms with E-state index in [1.807, 2.05) is 26.1 Å². The fourth-order valence-electron chi connectivity index (χ4n) is 8.22. The van der Waals surface area contributed by atoms with Gasteiger partial charge in [-0.2, -0.15) is 0 Å². The lowest BCUT2D eigenvalue weighted by Crippen LogP contribution is -2.11. The molecule has 1 N–H and O–H groups in total. The predicted octanol–water partition coefficient (Wildman–Crippen LogP) is 15.4. The highest BCUT2D eigenvalue weighted by molar-refractivity contribution is 5.97. The number of phenols is 1. The summed E-state index contributed by atoms with van der Waals surface area (Å²) in [4.78, 5) is 10.5. The SMILES string of the molecule is [2H]C(C)(C)c1ccc(-c2ccnc(-c3cc(-c4cccc5c4nc(-c4cc(C(C)C)cc(C(C)C)c4O)n5-c4cc(C)cc(-c5ccccc5)c4)cc(C(C)(C)C)c3)c2)cc1. The first kappa shape index (κ1) is 39.2. The van der Waals surface area contributed by atoms with Crippen molar-refractivity contribution in [2.45, 2.75) is 92.4 Å². The van der Waals surface area contributed by atoms with Crippen molar-refractivity contribution in [1.29, 1.82) is 0 Å². The minimum absolute atomic E-state index is 0.120. The van der Waals surface area contributed by atoms with Crippen molar-refractivity contribution in [2.75, 3.05) is 0 Å². The molecule has 0 radical (unpaired) electrons. The van der Waals surface area contributed by atoms with Gasteiger partial charge in [0.15, 0.2) is 0 Å². The lowest BCUT2D eigenvalue weighted by atomic mass is 9.83. The smallest absolute Gasteiger partial charge is 0.149 e. The Labute approximate surface area is 358 Å². The first-order chi connectivity index (χ1) is 29.0. The molecule has 0 bridgehead atoms. The van der Waals surface area contributed by atoms with Gasteiger partial charge < -0.3 is 5.11 Å². The quantitative estimate of drug-likeness (QED) is 0.158. The van der Waals surface area contributed by atoms with Gasteiger partial charge in [0.05, 0.1) is 22.3 Å². The van der Waals surface area contributed by atoms with Gasteiger partial charge in [0, 0.05) is 24.4 Å². The topological polar surface area (TPSA) is 50.9 Å². The molecule has 0 amide bonds. The lowest BCUT2D eigenvalue weighted by Gasteiger charge is -2.22. The molecule has 0 aliphatic heterocycles. The summed E-state index contributed by atoms with van der Waals surface area (Å²) in [7, 11) is 0. The van der Waals surface area contributed by atoms with Gasteiger partial charge in [0.1, 0.15) is 11.6 Å². The van der Waals surface area contributed by atoms with E-state index in [0.29, 0.717) is 5.82 Å². The summed E-state index contributed by atoms with van der Waals surface area (Å²) in [6.45, 7) is 21.4. The number of aromatic nitrogens is 3. The Hall–Kier alpha value is -6.26. The number of hydrogen-bond donors (Lipinski definition) is 1. The number of pyridine rings is 1. The second kappa shape index (κ2) is 16.1. The number of aromatic hydroxyl groups is 1. The number of phenolic OH excluding ortho intramolecular Hbond substituents is 1. The van der Waals surface area contributed by atoms with Crippen LogP contribution in [0.1, 0.15) is 109 Å². The van der Waals surface area contributed by atoms with Crippen molar-refractivity contribution < 1.29 is 6.48 Å². The number of rotatable bonds is 9. The van der Waals surface area contributed by atoms with E-state index in [-0.39, 0.29) is 23.0 Å². The first-order valence-electron chi connectivity index (χ1n) is 21.8. The highest BCUT2D eigenvalue weighted by atomic mass is 16.3. The molecule has 4 heteroatoms. The van der Waals surface area contributed by atoms with Crippen LogP contribution in [0.15, 0.2) is 140 Å². The number of nitrogens with zero attached hydrogens (tertiary/aromatic N) is 3. The molecule has 0 aliphatic rings. The van der Waals surface area contributed by atoms with E-state index in [2.05, 4.69) is 187 Å². The van der Waals surface area contributed by atoms with E-state index in [9.17, 15) is 5.11 Å². The molecule has 8 aromatic rings. The predicted molar refractivity (Wildman–Crippen MR) is 253 cm³/mol. The van der Waals surface area contributed by atoms with Crippen LogP contribution in [0.3, 0.4) is 0 Å². The Bertz CT molecular complexity index is 2890. The monoisotopic (exact) mass is 788 g/mol. The summed E-state index contributed by atoms with van der Waals surface area (Å²) in [5, 5.41) is 12.2. The van der Waals surface area contributed by atoms with Crippen LogP contribution < -0.4 is 0 Å². The van der Waals surface area contributed by atoms with Crippen molar-refractivity contribution in [3.05, 3.63) is 167 Å². The number of hydrogen-bond acceptors (Lipinski definition) is 3. The molecule has 0 aliphatic carbocycles. The third-order valence-corrected chi connectivity index (χ3v) is 11.8. The third-order valence-electron chi connectivity index (χ3n) is 11.8. The standard InChI is InChI=1S/C56H57N3O/c1-34(2)38-19-21-40(22-20-38)41-23-24-57-51(33-41)45-27-44(28-46(29-45)56(8,9)10)48-17-14-18-52-53(48)58-55(50-32-42(35(3)4)31-49(36(5)6)54(50)60)59(52)47-26-37(7)25-43(30-47)39-15-12-11-13-16-39/h11-36,60H,1-10H3/i34D. The Balaban J connectivity index is 1.37. The van der Waals surface area contributed by atoms with Gasteiger partial charge >= 0.3 is 0 Å². The van der Waals surface area contributed by atoms with Gasteiger partial charge in [-0.15, -0.1) is 0 Å². The largest absolute Gasteiger partial charge is 0.507 e. The molecular formula is C56H57N3O. The second-order valence-corrected chi connectivity index (χ2v) is 18.2. The summed E-state index contributed by atoms with van der Waals surface area (Å²) in [5.41, 5.74) is 17.2. The number of imidazole rings is 1. The van der Waals surface area contributed by atoms with Crippen LogP contribution in [0.4, 0.5) is 0 Å². The molecule has 8 rings (SSSR count). The average molecular weight is 789 g/mol. The van der Waals surface area contributed by atoms with Gasteiger partial charge in [-0.3, -0.25) is 9.55 Å². The van der Waals surface area contributed by atoms with E-state index in [1.54, 1.807) is 0 Å². The Kier molecular flexibility index (Phi) is 10.5. The maximum Gasteiger partial charge on any atom is 0.149 e. The van der Waals surface area contributed by atoms with Crippen LogP contribution in [0.5, 0.6) is 5.75 Å². The van der Waals surface area contributed by atoms with Crippen molar-refractivity contribution in [3.8, 4) is 67.5 Å². The van der Waals surface area contributed by atoms with Crippen molar-refractivity contribution in [3.63, 3.8) is 0 Å². The van der Waals surface area contributed by atoms with E-state index >= 15 is 0 Å². The van der Waals surface area contributed by atoms with Gasteiger partial charge in [-0.05, 0) is 134 Å². The van der Waals surface area contributed by atoms with E-state index in [1.165, 1.54) is 5.56 Å². The summed E-state index contributed by atoms with van der Waals surface area (Å²) in [6.07, 6.45) is 1.89. The first-order valence-corrected chi connectivity index (χ1v) is 21.3. The molecule has 4 nitrogen and oxygen atoms in total. The molecule has 6 aromatic carbocycles. The highest BCUT2D eigenvalue weighted by Gasteiger charge is 2.25. The van der Waals surface area contributed by atoms with Crippen LogP contribution in [-0.2, 0) is 5.41 Å². The van der Waals surface area contributed by atoms with Crippen LogP contribution in [0.25, 0.3) is 72.7 Å². The lowest BCUT2D eigenvalue weighted by molar-refractivity contribution is 0.466. The van der Waals surface area contributed by atoms with Gasteiger partial charge in [0.25, 0.3) is 0 Å². The van der Waals surface area contributed by atoms with Crippen molar-refractivity contribution in [2.24, 2.45) is 0 Å². The van der Waals surface area contributed by atoms with E-state index < -0.39 is 5.89 Å². The van der Waals surface area contributed by atoms with E-state index in [4.69, 9.17) is 11.3 Å². The maximum absolute atomic E-state index is 12.2. The zero-order valence-electron chi connectivity index (χ0n) is 37.7. The molecule has 0 atom stereocenters. The Morgan fingerprint density at radius 1 is 0.600 bits per heavy atom. The van der Waals surface area contributed by atoms with Crippen LogP contribution in [-0.4, -0.2) is 19.6 Å². The maximum atomic E-state index is 12.2. The van der Waals surface area contributed by atoms with Gasteiger partial charge in [0.2, 0.25) is 0 Å². The second-order valence-electron chi connectivity index (χ2n) is 18.2. The zero-order chi connectivity index (χ0) is 43.4. The minimum atomic E-state index is -0.661. The summed E-state index contributed by atoms with van der Waals surface area (Å²) < 4.78 is 10.7. The van der Waals surface area contributed by atoms with Crippen LogP contribution >= 0.6 is 0 Å². The van der Waals surface area contributed by atoms with Crippen molar-refractivity contribution >= 4 is 11.0 Å². The molecule has 0 spiro atoms. The van der Waals surface area contributed by atoms with Crippen molar-refractivity contribution in [1.82, 2.24) is 14.5 Å². The fraction of sp³-hybridized carbons (Fsp3) is 0.250. The summed E-state index contributed by atoms with van der Waals surface area (Å²) >= 11 is 0. The molecule has 0 saturated heterocycles. The Morgan fingerprint density at radius 2 is 1.32 bits per heavy atom. The molecule has 60 heavy (non-hydrogen) atoms. The van der Waals surface area contributed by atoms with Gasteiger partial charge in [-0.1, -0.05) is 147 Å². The molecular weight excluding hydrogens is 731 g/mol. The minimum Gasteiger partial charge on any atom is -0.507 e. The summed E-state index contributed by atoms with van der Waals surface area (Å²) in [5.74, 6) is 0.695. The number of aryl methyl sites for hydroxylation is 1. The number of benzene rings is 6.